The maximum atomic E-state index is 9.27. The molecular formula is C16H30OS2. The minimum atomic E-state index is 0.399. The van der Waals surface area contributed by atoms with E-state index >= 15 is 0 Å². The third-order valence-electron chi connectivity index (χ3n) is 5.21. The number of aliphatic hydroxyl groups excluding tert-OH is 1. The number of rotatable bonds is 2. The Morgan fingerprint density at radius 2 is 1.58 bits per heavy atom. The average Bonchev–Trinajstić information content (AvgIpc) is 2.38. The summed E-state index contributed by atoms with van der Waals surface area (Å²) < 4.78 is 0.433. The van der Waals surface area contributed by atoms with E-state index in [1.54, 1.807) is 0 Å². The Balaban J connectivity index is 1.88. The lowest BCUT2D eigenvalue weighted by atomic mass is 9.80. The maximum Gasteiger partial charge on any atom is 0.0611 e. The Labute approximate surface area is 127 Å². The van der Waals surface area contributed by atoms with Crippen molar-refractivity contribution in [2.75, 3.05) is 18.1 Å². The molecule has 3 heteroatoms. The molecular weight excluding hydrogens is 272 g/mol. The van der Waals surface area contributed by atoms with Gasteiger partial charge in [-0.25, -0.2) is 0 Å². The van der Waals surface area contributed by atoms with Gasteiger partial charge in [0.2, 0.25) is 0 Å². The summed E-state index contributed by atoms with van der Waals surface area (Å²) in [6.07, 6.45) is 5.12. The van der Waals surface area contributed by atoms with Crippen LogP contribution in [0.2, 0.25) is 0 Å². The SMILES string of the molecule is CC(C)(C)C1CSC(C)(C2CCC(CO)CC2)SC1. The zero-order valence-corrected chi connectivity index (χ0v) is 14.6. The molecule has 112 valence electrons. The Kier molecular flexibility index (Phi) is 5.23. The highest BCUT2D eigenvalue weighted by molar-refractivity contribution is 8.18. The Morgan fingerprint density at radius 3 is 2.00 bits per heavy atom. The van der Waals surface area contributed by atoms with E-state index in [0.29, 0.717) is 22.0 Å². The zero-order valence-electron chi connectivity index (χ0n) is 12.9. The Hall–Kier alpha value is 0.660. The van der Waals surface area contributed by atoms with Gasteiger partial charge < -0.3 is 5.11 Å². The van der Waals surface area contributed by atoms with Crippen molar-refractivity contribution in [3.8, 4) is 0 Å². The van der Waals surface area contributed by atoms with Gasteiger partial charge in [0.1, 0.15) is 0 Å². The van der Waals surface area contributed by atoms with Crippen molar-refractivity contribution in [2.24, 2.45) is 23.2 Å². The van der Waals surface area contributed by atoms with Crippen LogP contribution in [-0.4, -0.2) is 27.3 Å². The molecule has 1 N–H and O–H groups in total. The van der Waals surface area contributed by atoms with Gasteiger partial charge in [-0.1, -0.05) is 20.8 Å². The van der Waals surface area contributed by atoms with Crippen molar-refractivity contribution in [1.29, 1.82) is 0 Å². The van der Waals surface area contributed by atoms with Gasteiger partial charge in [0.25, 0.3) is 0 Å². The summed E-state index contributed by atoms with van der Waals surface area (Å²) in [6.45, 7) is 10.0. The minimum absolute atomic E-state index is 0.399. The van der Waals surface area contributed by atoms with Gasteiger partial charge in [0.15, 0.2) is 0 Å². The lowest BCUT2D eigenvalue weighted by molar-refractivity contribution is 0.164. The molecule has 2 aliphatic rings. The van der Waals surface area contributed by atoms with Gasteiger partial charge in [-0.2, -0.15) is 0 Å². The molecule has 0 spiro atoms. The summed E-state index contributed by atoms with van der Waals surface area (Å²) in [5.41, 5.74) is 0.454. The second-order valence-electron chi connectivity index (χ2n) is 7.60. The first-order chi connectivity index (χ1) is 8.85. The first kappa shape index (κ1) is 16.0. The van der Waals surface area contributed by atoms with Gasteiger partial charge in [0.05, 0.1) is 4.08 Å². The predicted molar refractivity (Wildman–Crippen MR) is 88.8 cm³/mol. The molecule has 0 amide bonds. The van der Waals surface area contributed by atoms with E-state index in [9.17, 15) is 5.11 Å². The fourth-order valence-electron chi connectivity index (χ4n) is 3.23. The van der Waals surface area contributed by atoms with Crippen LogP contribution < -0.4 is 0 Å². The first-order valence-electron chi connectivity index (χ1n) is 7.74. The molecule has 0 aromatic heterocycles. The highest BCUT2D eigenvalue weighted by Gasteiger charge is 2.42. The predicted octanol–water partition coefficient (Wildman–Crippen LogP) is 4.64. The van der Waals surface area contributed by atoms with Crippen LogP contribution in [0, 0.1) is 23.2 Å². The summed E-state index contributed by atoms with van der Waals surface area (Å²) in [5, 5.41) is 9.27. The zero-order chi connectivity index (χ0) is 14.1. The molecule has 2 rings (SSSR count). The molecule has 0 atom stereocenters. The Morgan fingerprint density at radius 1 is 1.05 bits per heavy atom. The van der Waals surface area contributed by atoms with Crippen molar-refractivity contribution < 1.29 is 5.11 Å². The Bertz CT molecular complexity index is 282. The fraction of sp³-hybridized carbons (Fsp3) is 1.00. The molecule has 1 aliphatic carbocycles. The van der Waals surface area contributed by atoms with Gasteiger partial charge in [-0.15, -0.1) is 23.5 Å². The highest BCUT2D eigenvalue weighted by Crippen LogP contribution is 2.55. The monoisotopic (exact) mass is 302 g/mol. The summed E-state index contributed by atoms with van der Waals surface area (Å²) >= 11 is 4.43. The number of hydrogen-bond donors (Lipinski definition) is 1. The second kappa shape index (κ2) is 6.19. The van der Waals surface area contributed by atoms with Crippen LogP contribution in [0.1, 0.15) is 53.4 Å². The van der Waals surface area contributed by atoms with Crippen LogP contribution in [-0.2, 0) is 0 Å². The van der Waals surface area contributed by atoms with E-state index in [0.717, 1.165) is 11.8 Å². The minimum Gasteiger partial charge on any atom is -0.396 e. The topological polar surface area (TPSA) is 20.2 Å². The summed E-state index contributed by atoms with van der Waals surface area (Å²) in [6, 6.07) is 0. The van der Waals surface area contributed by atoms with Gasteiger partial charge in [-0.3, -0.25) is 0 Å². The van der Waals surface area contributed by atoms with Crippen LogP contribution in [0.4, 0.5) is 0 Å². The maximum absolute atomic E-state index is 9.27. The third-order valence-corrected chi connectivity index (χ3v) is 8.87. The number of aliphatic hydroxyl groups is 1. The molecule has 1 aliphatic heterocycles. The largest absolute Gasteiger partial charge is 0.396 e. The molecule has 0 bridgehead atoms. The standard InChI is InChI=1S/C16H30OS2/c1-15(2,3)14-10-18-16(4,19-11-14)13-7-5-12(9-17)6-8-13/h12-14,17H,5-11H2,1-4H3. The van der Waals surface area contributed by atoms with Gasteiger partial charge in [0, 0.05) is 6.61 Å². The third kappa shape index (κ3) is 3.85. The van der Waals surface area contributed by atoms with E-state index in [2.05, 4.69) is 51.2 Å². The summed E-state index contributed by atoms with van der Waals surface area (Å²) in [5.74, 6) is 4.94. The molecule has 2 fully saturated rings. The molecule has 1 nitrogen and oxygen atoms in total. The van der Waals surface area contributed by atoms with Crippen LogP contribution in [0.15, 0.2) is 0 Å². The van der Waals surface area contributed by atoms with E-state index in [1.807, 2.05) is 0 Å². The molecule has 1 saturated heterocycles. The van der Waals surface area contributed by atoms with Crippen LogP contribution in [0.5, 0.6) is 0 Å². The molecule has 0 radical (unpaired) electrons. The molecule has 0 unspecified atom stereocenters. The van der Waals surface area contributed by atoms with Crippen molar-refractivity contribution in [3.63, 3.8) is 0 Å². The van der Waals surface area contributed by atoms with Crippen LogP contribution >= 0.6 is 23.5 Å². The van der Waals surface area contributed by atoms with Crippen molar-refractivity contribution in [2.45, 2.75) is 57.5 Å². The molecule has 1 heterocycles. The van der Waals surface area contributed by atoms with Crippen molar-refractivity contribution in [1.82, 2.24) is 0 Å². The molecule has 1 saturated carbocycles. The van der Waals surface area contributed by atoms with Gasteiger partial charge >= 0.3 is 0 Å². The van der Waals surface area contributed by atoms with E-state index in [1.165, 1.54) is 37.2 Å². The van der Waals surface area contributed by atoms with Crippen LogP contribution in [0.25, 0.3) is 0 Å². The van der Waals surface area contributed by atoms with Crippen LogP contribution in [0.3, 0.4) is 0 Å². The first-order valence-corrected chi connectivity index (χ1v) is 9.71. The van der Waals surface area contributed by atoms with E-state index < -0.39 is 0 Å². The number of thioether (sulfide) groups is 2. The number of hydrogen-bond acceptors (Lipinski definition) is 3. The normalized spacial score (nSPS) is 41.2. The smallest absolute Gasteiger partial charge is 0.0611 e. The molecule has 19 heavy (non-hydrogen) atoms. The van der Waals surface area contributed by atoms with E-state index in [-0.39, 0.29) is 0 Å². The average molecular weight is 303 g/mol. The quantitative estimate of drug-likeness (QED) is 0.802. The lowest BCUT2D eigenvalue weighted by Gasteiger charge is -2.47. The van der Waals surface area contributed by atoms with Gasteiger partial charge in [-0.05, 0) is 67.3 Å². The highest BCUT2D eigenvalue weighted by atomic mass is 32.2. The fourth-order valence-corrected chi connectivity index (χ4v) is 7.36. The summed E-state index contributed by atoms with van der Waals surface area (Å²) in [4.78, 5) is 0. The molecule has 0 aromatic rings. The van der Waals surface area contributed by atoms with Crippen molar-refractivity contribution >= 4 is 23.5 Å². The summed E-state index contributed by atoms with van der Waals surface area (Å²) in [7, 11) is 0. The van der Waals surface area contributed by atoms with Crippen molar-refractivity contribution in [3.05, 3.63) is 0 Å². The van der Waals surface area contributed by atoms with E-state index in [4.69, 9.17) is 0 Å². The molecule has 0 aromatic carbocycles. The lowest BCUT2D eigenvalue weighted by Crippen LogP contribution is -2.39. The second-order valence-corrected chi connectivity index (χ2v) is 10.8.